The molecule has 0 aliphatic rings. The van der Waals surface area contributed by atoms with Gasteiger partial charge in [-0.15, -0.1) is 0 Å². The van der Waals surface area contributed by atoms with E-state index in [9.17, 15) is 8.42 Å². The van der Waals surface area contributed by atoms with E-state index in [1.54, 1.807) is 0 Å². The van der Waals surface area contributed by atoms with E-state index in [1.807, 2.05) is 6.92 Å². The van der Waals surface area contributed by atoms with Crippen LogP contribution in [0.4, 0.5) is 0 Å². The first-order valence-electron chi connectivity index (χ1n) is 4.85. The minimum atomic E-state index is -3.47. The molecule has 1 rings (SSSR count). The maximum Gasteiger partial charge on any atom is 0.240 e. The molecule has 0 aliphatic carbocycles. The highest BCUT2D eigenvalue weighted by molar-refractivity contribution is 7.89. The van der Waals surface area contributed by atoms with Crippen molar-refractivity contribution in [2.75, 3.05) is 6.54 Å². The standard InChI is InChI=1S/C10H15NO3S/c1-2-3-7-11-15(13,14)10-6-4-5-9(12)8-10/h4-6,8,11-12H,2-3,7H2,1H3. The minimum absolute atomic E-state index is 0.0478. The number of unbranched alkanes of at least 4 members (excludes halogenated alkanes) is 1. The molecule has 0 spiro atoms. The zero-order chi connectivity index (χ0) is 11.3. The van der Waals surface area contributed by atoms with E-state index < -0.39 is 10.0 Å². The highest BCUT2D eigenvalue weighted by Crippen LogP contribution is 2.15. The van der Waals surface area contributed by atoms with Crippen molar-refractivity contribution in [2.24, 2.45) is 0 Å². The third-order valence-corrected chi connectivity index (χ3v) is 3.41. The van der Waals surface area contributed by atoms with E-state index in [0.717, 1.165) is 12.8 Å². The van der Waals surface area contributed by atoms with Gasteiger partial charge in [-0.25, -0.2) is 13.1 Å². The van der Waals surface area contributed by atoms with Gasteiger partial charge in [0, 0.05) is 6.54 Å². The van der Waals surface area contributed by atoms with Gasteiger partial charge in [0.1, 0.15) is 5.75 Å². The molecule has 2 N–H and O–H groups in total. The smallest absolute Gasteiger partial charge is 0.240 e. The molecule has 0 fully saturated rings. The summed E-state index contributed by atoms with van der Waals surface area (Å²) in [6.45, 7) is 2.41. The van der Waals surface area contributed by atoms with Crippen molar-refractivity contribution in [3.8, 4) is 5.75 Å². The van der Waals surface area contributed by atoms with Crippen LogP contribution in [0, 0.1) is 0 Å². The Balaban J connectivity index is 2.77. The molecule has 84 valence electrons. The van der Waals surface area contributed by atoms with Crippen LogP contribution in [0.15, 0.2) is 29.2 Å². The minimum Gasteiger partial charge on any atom is -0.508 e. The molecule has 0 saturated heterocycles. The lowest BCUT2D eigenvalue weighted by atomic mass is 10.3. The molecule has 5 heteroatoms. The van der Waals surface area contributed by atoms with Gasteiger partial charge < -0.3 is 5.11 Å². The number of sulfonamides is 1. The zero-order valence-electron chi connectivity index (χ0n) is 8.60. The van der Waals surface area contributed by atoms with Crippen molar-refractivity contribution in [1.82, 2.24) is 4.72 Å². The van der Waals surface area contributed by atoms with E-state index in [1.165, 1.54) is 24.3 Å². The summed E-state index contributed by atoms with van der Waals surface area (Å²) in [4.78, 5) is 0.0959. The second-order valence-electron chi connectivity index (χ2n) is 3.25. The molecule has 0 atom stereocenters. The highest BCUT2D eigenvalue weighted by Gasteiger charge is 2.12. The summed E-state index contributed by atoms with van der Waals surface area (Å²) >= 11 is 0. The number of nitrogens with one attached hydrogen (secondary N) is 1. The Bertz CT molecular complexity index is 414. The predicted molar refractivity (Wildman–Crippen MR) is 58.2 cm³/mol. The lowest BCUT2D eigenvalue weighted by Gasteiger charge is -2.05. The van der Waals surface area contributed by atoms with Crippen LogP contribution in [0.25, 0.3) is 0 Å². The zero-order valence-corrected chi connectivity index (χ0v) is 9.42. The summed E-state index contributed by atoms with van der Waals surface area (Å²) in [5.41, 5.74) is 0. The molecular weight excluding hydrogens is 214 g/mol. The Morgan fingerprint density at radius 2 is 2.13 bits per heavy atom. The Morgan fingerprint density at radius 3 is 2.73 bits per heavy atom. The maximum atomic E-state index is 11.6. The summed E-state index contributed by atoms with van der Waals surface area (Å²) in [6, 6.07) is 5.62. The van der Waals surface area contributed by atoms with Crippen molar-refractivity contribution in [3.63, 3.8) is 0 Å². The lowest BCUT2D eigenvalue weighted by Crippen LogP contribution is -2.24. The first-order chi connectivity index (χ1) is 7.06. The van der Waals surface area contributed by atoms with Crippen LogP contribution in [-0.2, 0) is 10.0 Å². The van der Waals surface area contributed by atoms with Crippen LogP contribution < -0.4 is 4.72 Å². The van der Waals surface area contributed by atoms with Crippen molar-refractivity contribution in [3.05, 3.63) is 24.3 Å². The summed E-state index contributed by atoms with van der Waals surface area (Å²) in [5, 5.41) is 9.16. The van der Waals surface area contributed by atoms with Crippen LogP contribution in [0.1, 0.15) is 19.8 Å². The Labute approximate surface area is 90.0 Å². The molecule has 1 aromatic carbocycles. The Hall–Kier alpha value is -1.07. The molecule has 0 heterocycles. The number of benzene rings is 1. The van der Waals surface area contributed by atoms with Crippen LogP contribution in [0.2, 0.25) is 0 Å². The van der Waals surface area contributed by atoms with Gasteiger partial charge in [0.25, 0.3) is 0 Å². The largest absolute Gasteiger partial charge is 0.508 e. The van der Waals surface area contributed by atoms with Crippen molar-refractivity contribution >= 4 is 10.0 Å². The molecule has 1 aromatic rings. The molecule has 4 nitrogen and oxygen atoms in total. The first-order valence-corrected chi connectivity index (χ1v) is 6.33. The quantitative estimate of drug-likeness (QED) is 0.751. The van der Waals surface area contributed by atoms with Crippen LogP contribution in [0.3, 0.4) is 0 Å². The fraction of sp³-hybridized carbons (Fsp3) is 0.400. The molecular formula is C10H15NO3S. The Morgan fingerprint density at radius 1 is 1.40 bits per heavy atom. The molecule has 15 heavy (non-hydrogen) atoms. The number of rotatable bonds is 5. The number of phenolic OH excluding ortho intramolecular Hbond substituents is 1. The molecule has 0 radical (unpaired) electrons. The molecule has 0 amide bonds. The highest BCUT2D eigenvalue weighted by atomic mass is 32.2. The first kappa shape index (κ1) is 12.0. The average Bonchev–Trinajstić information content (AvgIpc) is 2.18. The summed E-state index contributed by atoms with van der Waals surface area (Å²) in [7, 11) is -3.47. The molecule has 0 aliphatic heterocycles. The van der Waals surface area contributed by atoms with Gasteiger partial charge in [-0.05, 0) is 24.6 Å². The fourth-order valence-corrected chi connectivity index (χ4v) is 2.23. The van der Waals surface area contributed by atoms with E-state index in [4.69, 9.17) is 5.11 Å². The maximum absolute atomic E-state index is 11.6. The van der Waals surface area contributed by atoms with Crippen LogP contribution >= 0.6 is 0 Å². The van der Waals surface area contributed by atoms with E-state index in [0.29, 0.717) is 6.54 Å². The van der Waals surface area contributed by atoms with Crippen molar-refractivity contribution < 1.29 is 13.5 Å². The third-order valence-electron chi connectivity index (χ3n) is 1.95. The van der Waals surface area contributed by atoms with Crippen molar-refractivity contribution in [2.45, 2.75) is 24.7 Å². The number of hydrogen-bond donors (Lipinski definition) is 2. The van der Waals surface area contributed by atoms with Gasteiger partial charge in [-0.2, -0.15) is 0 Å². The molecule has 0 aromatic heterocycles. The topological polar surface area (TPSA) is 66.4 Å². The second kappa shape index (κ2) is 5.14. The van der Waals surface area contributed by atoms with Gasteiger partial charge >= 0.3 is 0 Å². The normalized spacial score (nSPS) is 11.5. The van der Waals surface area contributed by atoms with Gasteiger partial charge in [0.05, 0.1) is 4.90 Å². The molecule has 0 bridgehead atoms. The summed E-state index contributed by atoms with van der Waals surface area (Å²) in [5.74, 6) is -0.0478. The monoisotopic (exact) mass is 229 g/mol. The molecule has 0 saturated carbocycles. The number of aromatic hydroxyl groups is 1. The lowest BCUT2D eigenvalue weighted by molar-refractivity contribution is 0.473. The number of phenols is 1. The predicted octanol–water partition coefficient (Wildman–Crippen LogP) is 1.47. The van der Waals surface area contributed by atoms with E-state index in [-0.39, 0.29) is 10.6 Å². The van der Waals surface area contributed by atoms with Gasteiger partial charge in [-0.3, -0.25) is 0 Å². The summed E-state index contributed by atoms with van der Waals surface area (Å²) in [6.07, 6.45) is 1.74. The third kappa shape index (κ3) is 3.53. The van der Waals surface area contributed by atoms with Crippen LogP contribution in [-0.4, -0.2) is 20.1 Å². The van der Waals surface area contributed by atoms with Gasteiger partial charge in [0.15, 0.2) is 0 Å². The van der Waals surface area contributed by atoms with E-state index >= 15 is 0 Å². The van der Waals surface area contributed by atoms with Crippen LogP contribution in [0.5, 0.6) is 5.75 Å². The van der Waals surface area contributed by atoms with E-state index in [2.05, 4.69) is 4.72 Å². The SMILES string of the molecule is CCCCNS(=O)(=O)c1cccc(O)c1. The number of hydrogen-bond acceptors (Lipinski definition) is 3. The Kier molecular flexibility index (Phi) is 4.11. The van der Waals surface area contributed by atoms with Crippen molar-refractivity contribution in [1.29, 1.82) is 0 Å². The van der Waals surface area contributed by atoms with Gasteiger partial charge in [0.2, 0.25) is 10.0 Å². The fourth-order valence-electron chi connectivity index (χ4n) is 1.12. The van der Waals surface area contributed by atoms with Gasteiger partial charge in [-0.1, -0.05) is 19.4 Å². The average molecular weight is 229 g/mol. The second-order valence-corrected chi connectivity index (χ2v) is 5.02. The molecule has 0 unspecified atom stereocenters. The summed E-state index contributed by atoms with van der Waals surface area (Å²) < 4.78 is 25.7.